The van der Waals surface area contributed by atoms with Gasteiger partial charge >= 0.3 is 23.5 Å². The van der Waals surface area contributed by atoms with Crippen LogP contribution in [0.5, 0.6) is 0 Å². The molecule has 0 rings (SSSR count). The number of hydrogen-bond donors (Lipinski definition) is 0. The van der Waals surface area contributed by atoms with Gasteiger partial charge in [0.25, 0.3) is 6.36 Å². The molecule has 0 aliphatic carbocycles. The summed E-state index contributed by atoms with van der Waals surface area (Å²) in [6, 6.07) is 0. The second kappa shape index (κ2) is 4.94. The molecule has 109 valence electrons. The van der Waals surface area contributed by atoms with Crippen molar-refractivity contribution < 1.29 is 48.6 Å². The van der Waals surface area contributed by atoms with Crippen molar-refractivity contribution in [3.8, 4) is 0 Å². The number of hydrogen-bond acceptors (Lipinski definition) is 2. The highest BCUT2D eigenvalue weighted by atomic mass is 32.2. The Hall–Kier alpha value is -0.390. The van der Waals surface area contributed by atoms with Crippen LogP contribution in [-0.2, 0) is 4.74 Å². The molecule has 1 atom stereocenters. The Morgan fingerprint density at radius 3 is 1.56 bits per heavy atom. The van der Waals surface area contributed by atoms with Crippen LogP contribution in [0.15, 0.2) is 0 Å². The lowest BCUT2D eigenvalue weighted by Crippen LogP contribution is -2.55. The fourth-order valence-corrected chi connectivity index (χ4v) is 0.682. The van der Waals surface area contributed by atoms with Gasteiger partial charge in [-0.3, -0.25) is 4.74 Å². The zero-order valence-electron chi connectivity index (χ0n) is 7.88. The number of halogens is 10. The summed E-state index contributed by atoms with van der Waals surface area (Å²) in [5, 5.41) is -4.81. The quantitative estimate of drug-likeness (QED) is 0.703. The van der Waals surface area contributed by atoms with Crippen LogP contribution in [0.25, 0.3) is 0 Å². The third-order valence-corrected chi connectivity index (χ3v) is 2.00. The van der Waals surface area contributed by atoms with Gasteiger partial charge in [-0.25, -0.2) is 4.39 Å². The SMILES string of the molecule is [CH2]SC(F)(F)C(F)OC(F)(F)C(F)(F)C(F)(F)F. The molecule has 0 heterocycles. The molecule has 0 fully saturated rings. The van der Waals surface area contributed by atoms with Crippen LogP contribution in [-0.4, -0.2) is 29.8 Å². The van der Waals surface area contributed by atoms with Crippen LogP contribution in [0.2, 0.25) is 0 Å². The minimum Gasteiger partial charge on any atom is -0.273 e. The molecule has 0 amide bonds. The minimum absolute atomic E-state index is 0.949. The van der Waals surface area contributed by atoms with Gasteiger partial charge in [0, 0.05) is 6.26 Å². The summed E-state index contributed by atoms with van der Waals surface area (Å²) in [6.45, 7) is 0. The molecule has 0 spiro atoms. The van der Waals surface area contributed by atoms with Crippen molar-refractivity contribution >= 4 is 11.8 Å². The van der Waals surface area contributed by atoms with E-state index in [1.807, 2.05) is 0 Å². The van der Waals surface area contributed by atoms with Gasteiger partial charge in [-0.05, 0) is 0 Å². The average molecular weight is 313 g/mol. The van der Waals surface area contributed by atoms with Gasteiger partial charge in [0.1, 0.15) is 0 Å². The number of rotatable bonds is 5. The Morgan fingerprint density at radius 1 is 0.889 bits per heavy atom. The number of ether oxygens (including phenoxy) is 1. The highest BCUT2D eigenvalue weighted by Crippen LogP contribution is 2.49. The topological polar surface area (TPSA) is 9.23 Å². The standard InChI is InChI=1S/C6H3F10OS/c1-18-3(8,9)2(7)17-6(15,16)4(10,11)5(12,13)14/h2H,1H2. The fraction of sp³-hybridized carbons (Fsp3) is 0.833. The van der Waals surface area contributed by atoms with E-state index < -0.39 is 41.6 Å². The summed E-state index contributed by atoms with van der Waals surface area (Å²) >= 11 is -0.949. The average Bonchev–Trinajstić information content (AvgIpc) is 2.14. The number of alkyl halides is 10. The normalized spacial score (nSPS) is 16.8. The van der Waals surface area contributed by atoms with Gasteiger partial charge < -0.3 is 0 Å². The van der Waals surface area contributed by atoms with Gasteiger partial charge in [-0.1, -0.05) is 11.8 Å². The van der Waals surface area contributed by atoms with Crippen LogP contribution in [0.1, 0.15) is 0 Å². The summed E-state index contributed by atoms with van der Waals surface area (Å²) in [5.74, 6) is -6.83. The van der Waals surface area contributed by atoms with Crippen LogP contribution in [0, 0.1) is 6.26 Å². The van der Waals surface area contributed by atoms with Crippen molar-refractivity contribution in [2.24, 2.45) is 0 Å². The van der Waals surface area contributed by atoms with E-state index in [2.05, 4.69) is 11.0 Å². The van der Waals surface area contributed by atoms with E-state index in [4.69, 9.17) is 0 Å². The van der Waals surface area contributed by atoms with E-state index in [-0.39, 0.29) is 0 Å². The molecule has 18 heavy (non-hydrogen) atoms. The van der Waals surface area contributed by atoms with E-state index >= 15 is 0 Å². The third-order valence-electron chi connectivity index (χ3n) is 1.43. The first-order valence-corrected chi connectivity index (χ1v) is 4.63. The van der Waals surface area contributed by atoms with E-state index in [0.717, 1.165) is 0 Å². The Labute approximate surface area is 97.5 Å². The lowest BCUT2D eigenvalue weighted by molar-refractivity contribution is -0.446. The smallest absolute Gasteiger partial charge is 0.273 e. The number of thioether (sulfide) groups is 1. The first-order chi connectivity index (χ1) is 7.69. The maximum atomic E-state index is 12.4. The maximum absolute atomic E-state index is 12.4. The summed E-state index contributed by atoms with van der Waals surface area (Å²) < 4.78 is 123. The molecular weight excluding hydrogens is 310 g/mol. The van der Waals surface area contributed by atoms with E-state index in [1.165, 1.54) is 0 Å². The molecule has 0 bridgehead atoms. The third kappa shape index (κ3) is 3.33. The lowest BCUT2D eigenvalue weighted by atomic mass is 10.3. The fourth-order valence-electron chi connectivity index (χ4n) is 0.503. The zero-order chi connectivity index (χ0) is 15.0. The maximum Gasteiger partial charge on any atom is 0.462 e. The minimum atomic E-state index is -6.83. The van der Waals surface area contributed by atoms with Crippen molar-refractivity contribution in [1.82, 2.24) is 0 Å². The molecule has 0 aromatic rings. The monoisotopic (exact) mass is 313 g/mol. The van der Waals surface area contributed by atoms with Crippen LogP contribution < -0.4 is 0 Å². The van der Waals surface area contributed by atoms with Gasteiger partial charge in [0.15, 0.2) is 0 Å². The molecule has 0 aromatic heterocycles. The van der Waals surface area contributed by atoms with Crippen molar-refractivity contribution in [2.45, 2.75) is 29.8 Å². The molecule has 0 saturated heterocycles. The summed E-state index contributed by atoms with van der Waals surface area (Å²) in [5.41, 5.74) is 0. The first-order valence-electron chi connectivity index (χ1n) is 3.64. The van der Waals surface area contributed by atoms with Crippen molar-refractivity contribution in [1.29, 1.82) is 0 Å². The second-order valence-corrected chi connectivity index (χ2v) is 3.56. The summed E-state index contributed by atoms with van der Waals surface area (Å²) in [6.07, 6.45) is -15.4. The molecule has 0 aromatic carbocycles. The molecule has 1 unspecified atom stereocenters. The van der Waals surface area contributed by atoms with E-state index in [0.29, 0.717) is 0 Å². The lowest BCUT2D eigenvalue weighted by Gasteiger charge is -2.30. The summed E-state index contributed by atoms with van der Waals surface area (Å²) in [4.78, 5) is 0. The van der Waals surface area contributed by atoms with E-state index in [9.17, 15) is 43.9 Å². The predicted molar refractivity (Wildman–Crippen MR) is 39.8 cm³/mol. The van der Waals surface area contributed by atoms with Gasteiger partial charge in [0.2, 0.25) is 0 Å². The van der Waals surface area contributed by atoms with E-state index in [1.54, 1.807) is 0 Å². The first kappa shape index (κ1) is 17.6. The zero-order valence-corrected chi connectivity index (χ0v) is 8.70. The Bertz CT molecular complexity index is 287. The predicted octanol–water partition coefficient (Wildman–Crippen LogP) is 4.21. The Balaban J connectivity index is 5.09. The second-order valence-electron chi connectivity index (χ2n) is 2.73. The molecular formula is C6H3F10OS. The van der Waals surface area contributed by atoms with Crippen molar-refractivity contribution in [3.63, 3.8) is 0 Å². The highest BCUT2D eigenvalue weighted by molar-refractivity contribution is 8.01. The molecule has 0 N–H and O–H groups in total. The molecule has 12 heteroatoms. The Morgan fingerprint density at radius 2 is 1.28 bits per heavy atom. The molecule has 1 radical (unpaired) electrons. The molecule has 0 aliphatic heterocycles. The van der Waals surface area contributed by atoms with Crippen LogP contribution >= 0.6 is 11.8 Å². The largest absolute Gasteiger partial charge is 0.462 e. The molecule has 0 saturated carbocycles. The van der Waals surface area contributed by atoms with Crippen molar-refractivity contribution in [3.05, 3.63) is 6.26 Å². The molecule has 0 aliphatic rings. The molecule has 1 nitrogen and oxygen atoms in total. The Kier molecular flexibility index (Phi) is 4.84. The van der Waals surface area contributed by atoms with Gasteiger partial charge in [0.05, 0.1) is 0 Å². The summed E-state index contributed by atoms with van der Waals surface area (Å²) in [7, 11) is 0. The highest BCUT2D eigenvalue weighted by Gasteiger charge is 2.75. The van der Waals surface area contributed by atoms with Gasteiger partial charge in [-0.15, -0.1) is 0 Å². The van der Waals surface area contributed by atoms with Crippen LogP contribution in [0.4, 0.5) is 43.9 Å². The van der Waals surface area contributed by atoms with Crippen LogP contribution in [0.3, 0.4) is 0 Å². The van der Waals surface area contributed by atoms with Gasteiger partial charge in [-0.2, -0.15) is 39.5 Å². The van der Waals surface area contributed by atoms with Crippen molar-refractivity contribution in [2.75, 3.05) is 0 Å².